The third-order valence-corrected chi connectivity index (χ3v) is 4.91. The van der Waals surface area contributed by atoms with Crippen LogP contribution in [0.5, 0.6) is 0 Å². The van der Waals surface area contributed by atoms with Crippen LogP contribution in [0.15, 0.2) is 36.4 Å². The third-order valence-electron chi connectivity index (χ3n) is 3.87. The average molecular weight is 346 g/mol. The van der Waals surface area contributed by atoms with Crippen LogP contribution in [0.2, 0.25) is 0 Å². The van der Waals surface area contributed by atoms with Crippen molar-refractivity contribution in [2.75, 3.05) is 11.4 Å². The highest BCUT2D eigenvalue weighted by atomic mass is 32.1. The second kappa shape index (κ2) is 6.16. The minimum absolute atomic E-state index is 0.275. The molecule has 3 amide bonds. The van der Waals surface area contributed by atoms with Gasteiger partial charge in [-0.2, -0.15) is 0 Å². The fourth-order valence-electron chi connectivity index (χ4n) is 2.61. The van der Waals surface area contributed by atoms with Crippen LogP contribution >= 0.6 is 11.3 Å². The van der Waals surface area contributed by atoms with E-state index < -0.39 is 23.8 Å². The van der Waals surface area contributed by atoms with Gasteiger partial charge in [-0.1, -0.05) is 0 Å². The number of imide groups is 1. The van der Waals surface area contributed by atoms with Gasteiger partial charge in [-0.15, -0.1) is 11.3 Å². The van der Waals surface area contributed by atoms with Gasteiger partial charge >= 0.3 is 6.03 Å². The molecule has 1 aromatic carbocycles. The van der Waals surface area contributed by atoms with Gasteiger partial charge in [0, 0.05) is 10.6 Å². The van der Waals surface area contributed by atoms with Gasteiger partial charge in [-0.25, -0.2) is 9.18 Å². The average Bonchev–Trinajstić information content (AvgIpc) is 3.07. The maximum absolute atomic E-state index is 13.1. The molecule has 1 aromatic heterocycles. The molecule has 1 atom stereocenters. The van der Waals surface area contributed by atoms with Crippen molar-refractivity contribution >= 4 is 34.7 Å². The number of aryl methyl sites for hydroxylation is 1. The van der Waals surface area contributed by atoms with Crippen molar-refractivity contribution in [2.45, 2.75) is 19.9 Å². The molecular weight excluding hydrogens is 331 g/mol. The standard InChI is InChI=1S/C17H15FN2O3S/c1-10-3-8-15(24-10)14(21)9-19-16(22)11(2)20(17(19)23)13-6-4-12(18)5-7-13/h3-8,11H,9H2,1-2H3/t11-/m0/s1. The van der Waals surface area contributed by atoms with Crippen molar-refractivity contribution in [3.63, 3.8) is 0 Å². The summed E-state index contributed by atoms with van der Waals surface area (Å²) in [5, 5.41) is 0. The number of hydrogen-bond acceptors (Lipinski definition) is 4. The number of benzene rings is 1. The third kappa shape index (κ3) is 2.82. The highest BCUT2D eigenvalue weighted by Gasteiger charge is 2.44. The Morgan fingerprint density at radius 1 is 1.17 bits per heavy atom. The van der Waals surface area contributed by atoms with Crippen LogP contribution in [0.4, 0.5) is 14.9 Å². The molecule has 124 valence electrons. The molecule has 0 spiro atoms. The molecule has 1 aliphatic heterocycles. The Morgan fingerprint density at radius 2 is 1.83 bits per heavy atom. The Labute approximate surface area is 142 Å². The Bertz CT molecular complexity index is 815. The van der Waals surface area contributed by atoms with Crippen molar-refractivity contribution in [1.82, 2.24) is 4.90 Å². The number of Topliss-reactive ketones (excluding diaryl/α,β-unsaturated/α-hetero) is 1. The van der Waals surface area contributed by atoms with Crippen LogP contribution in [-0.2, 0) is 4.79 Å². The van der Waals surface area contributed by atoms with Crippen LogP contribution in [-0.4, -0.2) is 35.2 Å². The first-order chi connectivity index (χ1) is 11.4. The molecule has 0 unspecified atom stereocenters. The van der Waals surface area contributed by atoms with Crippen molar-refractivity contribution in [1.29, 1.82) is 0 Å². The lowest BCUT2D eigenvalue weighted by Gasteiger charge is -2.19. The minimum atomic E-state index is -0.735. The summed E-state index contributed by atoms with van der Waals surface area (Å²) in [7, 11) is 0. The summed E-state index contributed by atoms with van der Waals surface area (Å²) in [6.07, 6.45) is 0. The quantitative estimate of drug-likeness (QED) is 0.631. The van der Waals surface area contributed by atoms with E-state index >= 15 is 0 Å². The fraction of sp³-hybridized carbons (Fsp3) is 0.235. The molecule has 0 radical (unpaired) electrons. The van der Waals surface area contributed by atoms with E-state index in [1.54, 1.807) is 13.0 Å². The zero-order valence-electron chi connectivity index (χ0n) is 13.2. The predicted octanol–water partition coefficient (Wildman–Crippen LogP) is 3.24. The van der Waals surface area contributed by atoms with E-state index in [4.69, 9.17) is 0 Å². The first kappa shape index (κ1) is 16.3. The number of rotatable bonds is 4. The summed E-state index contributed by atoms with van der Waals surface area (Å²) in [5.74, 6) is -1.14. The highest BCUT2D eigenvalue weighted by Crippen LogP contribution is 2.26. The van der Waals surface area contributed by atoms with Gasteiger partial charge in [0.1, 0.15) is 11.9 Å². The molecule has 24 heavy (non-hydrogen) atoms. The Hall–Kier alpha value is -2.54. The van der Waals surface area contributed by atoms with Gasteiger partial charge in [0.25, 0.3) is 5.91 Å². The van der Waals surface area contributed by atoms with Crippen LogP contribution in [0, 0.1) is 12.7 Å². The van der Waals surface area contributed by atoms with Crippen molar-refractivity contribution in [2.24, 2.45) is 0 Å². The first-order valence-corrected chi connectivity index (χ1v) is 8.20. The van der Waals surface area contributed by atoms with Gasteiger partial charge in [-0.3, -0.25) is 19.4 Å². The molecule has 0 bridgehead atoms. The van der Waals surface area contributed by atoms with Crippen LogP contribution < -0.4 is 4.90 Å². The second-order valence-corrected chi connectivity index (χ2v) is 6.85. The number of carbonyl (C=O) groups is 3. The molecule has 0 saturated carbocycles. The lowest BCUT2D eigenvalue weighted by molar-refractivity contribution is -0.126. The smallest absolute Gasteiger partial charge is 0.291 e. The number of nitrogens with zero attached hydrogens (tertiary/aromatic N) is 2. The van der Waals surface area contributed by atoms with Crippen molar-refractivity contribution < 1.29 is 18.8 Å². The summed E-state index contributed by atoms with van der Waals surface area (Å²) < 4.78 is 13.1. The second-order valence-electron chi connectivity index (χ2n) is 5.56. The predicted molar refractivity (Wildman–Crippen MR) is 88.8 cm³/mol. The SMILES string of the molecule is Cc1ccc(C(=O)CN2C(=O)[C@H](C)N(c3ccc(F)cc3)C2=O)s1. The normalized spacial score (nSPS) is 17.7. The molecule has 2 aromatic rings. The van der Waals surface area contributed by atoms with E-state index in [1.807, 2.05) is 13.0 Å². The van der Waals surface area contributed by atoms with Gasteiger partial charge in [-0.05, 0) is 50.2 Å². The Morgan fingerprint density at radius 3 is 2.42 bits per heavy atom. The molecule has 1 fully saturated rings. The number of anilines is 1. The highest BCUT2D eigenvalue weighted by molar-refractivity contribution is 7.14. The van der Waals surface area contributed by atoms with Gasteiger partial charge in [0.2, 0.25) is 0 Å². The van der Waals surface area contributed by atoms with E-state index in [1.165, 1.54) is 40.5 Å². The number of hydrogen-bond donors (Lipinski definition) is 0. The molecule has 1 aliphatic rings. The number of ketones is 1. The largest absolute Gasteiger partial charge is 0.332 e. The zero-order chi connectivity index (χ0) is 17.4. The Balaban J connectivity index is 1.82. The summed E-state index contributed by atoms with van der Waals surface area (Å²) in [6.45, 7) is 3.18. The fourth-order valence-corrected chi connectivity index (χ4v) is 3.41. The van der Waals surface area contributed by atoms with E-state index in [2.05, 4.69) is 0 Å². The number of thiophene rings is 1. The first-order valence-electron chi connectivity index (χ1n) is 7.38. The van der Waals surface area contributed by atoms with Crippen LogP contribution in [0.25, 0.3) is 0 Å². The molecule has 2 heterocycles. The molecule has 1 saturated heterocycles. The maximum atomic E-state index is 13.1. The molecule has 7 heteroatoms. The van der Waals surface area contributed by atoms with Gasteiger partial charge in [0.05, 0.1) is 11.4 Å². The summed E-state index contributed by atoms with van der Waals surface area (Å²) >= 11 is 1.33. The van der Waals surface area contributed by atoms with E-state index in [0.29, 0.717) is 10.6 Å². The maximum Gasteiger partial charge on any atom is 0.332 e. The van der Waals surface area contributed by atoms with Crippen LogP contribution in [0.3, 0.4) is 0 Å². The monoisotopic (exact) mass is 346 g/mol. The summed E-state index contributed by atoms with van der Waals surface area (Å²) in [5.41, 5.74) is 0.421. The number of carbonyl (C=O) groups excluding carboxylic acids is 3. The molecular formula is C17H15FN2O3S. The summed E-state index contributed by atoms with van der Waals surface area (Å²) in [4.78, 5) is 41.0. The molecule has 0 aliphatic carbocycles. The lowest BCUT2D eigenvalue weighted by Crippen LogP contribution is -2.36. The topological polar surface area (TPSA) is 57.7 Å². The number of urea groups is 1. The van der Waals surface area contributed by atoms with E-state index in [0.717, 1.165) is 9.78 Å². The molecule has 3 rings (SSSR count). The number of amides is 3. The van der Waals surface area contributed by atoms with E-state index in [-0.39, 0.29) is 12.3 Å². The molecule has 0 N–H and O–H groups in total. The Kier molecular flexibility index (Phi) is 4.19. The van der Waals surface area contributed by atoms with Crippen molar-refractivity contribution in [3.05, 3.63) is 52.0 Å². The summed E-state index contributed by atoms with van der Waals surface area (Å²) in [6, 6.07) is 7.52. The van der Waals surface area contributed by atoms with Crippen molar-refractivity contribution in [3.8, 4) is 0 Å². The zero-order valence-corrected chi connectivity index (χ0v) is 14.0. The molecule has 5 nitrogen and oxygen atoms in total. The van der Waals surface area contributed by atoms with Gasteiger partial charge < -0.3 is 0 Å². The number of halogens is 1. The minimum Gasteiger partial charge on any atom is -0.291 e. The van der Waals surface area contributed by atoms with Crippen LogP contribution in [0.1, 0.15) is 21.5 Å². The van der Waals surface area contributed by atoms with E-state index in [9.17, 15) is 18.8 Å². The lowest BCUT2D eigenvalue weighted by atomic mass is 10.2. The van der Waals surface area contributed by atoms with Gasteiger partial charge in [0.15, 0.2) is 5.78 Å².